The third kappa shape index (κ3) is 6.94. The van der Waals surface area contributed by atoms with Crippen LogP contribution < -0.4 is 45.7 Å². The molecule has 2 aliphatic rings. The summed E-state index contributed by atoms with van der Waals surface area (Å²) in [7, 11) is 0. The number of nitrogen functional groups attached to an aromatic ring is 1. The second kappa shape index (κ2) is 13.6. The number of nitrogens with two attached hydrogens (primary N) is 1. The fourth-order valence-corrected chi connectivity index (χ4v) is 6.74. The number of thioether (sulfide) groups is 2. The van der Waals surface area contributed by atoms with Crippen molar-refractivity contribution < 1.29 is 68.5 Å². The molecule has 43 heavy (non-hydrogen) atoms. The molecule has 3 aromatic rings. The van der Waals surface area contributed by atoms with Crippen molar-refractivity contribution in [1.82, 2.24) is 25.4 Å². The van der Waals surface area contributed by atoms with E-state index < -0.39 is 29.2 Å². The van der Waals surface area contributed by atoms with Crippen molar-refractivity contribution in [1.29, 1.82) is 0 Å². The number of carbonyl (C=O) groups is 3. The zero-order valence-electron chi connectivity index (χ0n) is 22.8. The van der Waals surface area contributed by atoms with Crippen molar-refractivity contribution in [3.63, 3.8) is 0 Å². The molecular weight excluding hydrogens is 633 g/mol. The Morgan fingerprint density at radius 2 is 2.09 bits per heavy atom. The van der Waals surface area contributed by atoms with E-state index >= 15 is 0 Å². The van der Waals surface area contributed by atoms with E-state index in [9.17, 15) is 29.7 Å². The molecule has 2 atom stereocenters. The maximum atomic E-state index is 13.1. The summed E-state index contributed by atoms with van der Waals surface area (Å²) in [5, 5.41) is 46.8. The molecule has 220 valence electrons. The molecule has 0 unspecified atom stereocenters. The van der Waals surface area contributed by atoms with E-state index in [1.54, 1.807) is 13.8 Å². The Morgan fingerprint density at radius 1 is 1.33 bits per heavy atom. The first-order valence-corrected chi connectivity index (χ1v) is 15.1. The van der Waals surface area contributed by atoms with Crippen LogP contribution in [0.1, 0.15) is 19.5 Å². The SMILES string of the molecule is CC(C)O/N=C(/C(=O)N[C@@H]1C(=O)N2C(C(=O)[O-])=C(CSc3nnc(-c4ccc(O)c(O)c4)o3)CS[C@H]12)c1csc(N)n1.[Na+]. The second-order valence-electron chi connectivity index (χ2n) is 9.13. The Morgan fingerprint density at radius 3 is 2.74 bits per heavy atom. The molecule has 2 amide bonds. The summed E-state index contributed by atoms with van der Waals surface area (Å²) in [4.78, 5) is 48.7. The maximum absolute atomic E-state index is 13.1. The molecule has 0 bridgehead atoms. The van der Waals surface area contributed by atoms with Crippen LogP contribution in [0.2, 0.25) is 0 Å². The predicted molar refractivity (Wildman–Crippen MR) is 150 cm³/mol. The van der Waals surface area contributed by atoms with Gasteiger partial charge in [-0.3, -0.25) is 14.5 Å². The molecule has 19 heteroatoms. The zero-order valence-corrected chi connectivity index (χ0v) is 27.3. The van der Waals surface area contributed by atoms with Crippen molar-refractivity contribution in [2.24, 2.45) is 5.16 Å². The average molecular weight is 656 g/mol. The Kier molecular flexibility index (Phi) is 10.3. The molecule has 0 aliphatic carbocycles. The minimum absolute atomic E-state index is 0. The van der Waals surface area contributed by atoms with Crippen LogP contribution >= 0.6 is 34.9 Å². The molecule has 5 N–H and O–H groups in total. The Labute approximate surface area is 278 Å². The number of β-lactam (4-membered cyclic amide) rings is 1. The number of hydrogen-bond acceptors (Lipinski definition) is 16. The number of amides is 2. The smallest absolute Gasteiger partial charge is 0.543 e. The standard InChI is InChI=1S/C24H23N7O8S3.Na/c1-9(2)39-30-15(12-8-41-23(25)26-12)18(34)27-16-20(35)31-17(22(36)37)11(6-40-21(16)31)7-42-24-29-28-19(38-24)10-3-4-13(32)14(33)5-10;/h3-5,8-9,16,21,32-33H,6-7H2,1-2H3,(H2,25,26)(H,27,34)(H,36,37);/q;+1/p-1/b30-15+;/t16-,21-;/m1./s1. The van der Waals surface area contributed by atoms with Gasteiger partial charge < -0.3 is 40.4 Å². The largest absolute Gasteiger partial charge is 1.00 e. The Bertz CT molecular complexity index is 1630. The number of rotatable bonds is 10. The van der Waals surface area contributed by atoms with Gasteiger partial charge in [0.05, 0.1) is 11.7 Å². The first kappa shape index (κ1) is 32.6. The van der Waals surface area contributed by atoms with Crippen LogP contribution in [-0.2, 0) is 19.2 Å². The van der Waals surface area contributed by atoms with Crippen LogP contribution in [0.15, 0.2) is 49.6 Å². The predicted octanol–water partition coefficient (Wildman–Crippen LogP) is -2.48. The van der Waals surface area contributed by atoms with Crippen LogP contribution in [0.4, 0.5) is 5.13 Å². The zero-order chi connectivity index (χ0) is 30.1. The van der Waals surface area contributed by atoms with Crippen molar-refractivity contribution in [2.45, 2.75) is 36.6 Å². The van der Waals surface area contributed by atoms with Gasteiger partial charge in [-0.15, -0.1) is 33.3 Å². The molecule has 0 saturated carbocycles. The number of nitrogens with one attached hydrogen (secondary N) is 1. The number of fused-ring (bicyclic) bond motifs is 1. The van der Waals surface area contributed by atoms with Gasteiger partial charge in [-0.25, -0.2) is 4.98 Å². The molecule has 1 aromatic carbocycles. The van der Waals surface area contributed by atoms with E-state index in [-0.39, 0.29) is 92.0 Å². The number of hydrogen-bond donors (Lipinski definition) is 4. The minimum Gasteiger partial charge on any atom is -0.543 e. The third-order valence-electron chi connectivity index (χ3n) is 5.86. The molecule has 2 aliphatic heterocycles. The summed E-state index contributed by atoms with van der Waals surface area (Å²) in [5.41, 5.74) is 6.19. The molecule has 0 spiro atoms. The van der Waals surface area contributed by atoms with E-state index in [1.165, 1.54) is 35.3 Å². The number of carboxylic acid groups (broad SMARTS) is 1. The van der Waals surface area contributed by atoms with Crippen molar-refractivity contribution in [3.8, 4) is 23.0 Å². The number of phenols is 2. The number of oxime groups is 1. The molecule has 1 saturated heterocycles. The molecular formula is C24H22N7NaO8S3. The number of anilines is 1. The third-order valence-corrected chi connectivity index (χ3v) is 8.78. The first-order chi connectivity index (χ1) is 20.0. The summed E-state index contributed by atoms with van der Waals surface area (Å²) in [5.74, 6) is -3.14. The van der Waals surface area contributed by atoms with Crippen molar-refractivity contribution >= 4 is 63.5 Å². The molecule has 1 fully saturated rings. The molecule has 15 nitrogen and oxygen atoms in total. The number of aliphatic carboxylic acids is 1. The number of benzene rings is 1. The van der Waals surface area contributed by atoms with Crippen LogP contribution in [-0.4, -0.2) is 82.8 Å². The van der Waals surface area contributed by atoms with Gasteiger partial charge in [-0.2, -0.15) is 0 Å². The van der Waals surface area contributed by atoms with E-state index in [0.29, 0.717) is 11.1 Å². The van der Waals surface area contributed by atoms with Crippen LogP contribution in [0, 0.1) is 0 Å². The van der Waals surface area contributed by atoms with Gasteiger partial charge in [0.2, 0.25) is 5.89 Å². The van der Waals surface area contributed by atoms with E-state index in [0.717, 1.165) is 28.0 Å². The second-order valence-corrected chi connectivity index (χ2v) is 12.1. The van der Waals surface area contributed by atoms with Crippen LogP contribution in [0.25, 0.3) is 11.5 Å². The van der Waals surface area contributed by atoms with Crippen molar-refractivity contribution in [3.05, 3.63) is 40.5 Å². The summed E-state index contributed by atoms with van der Waals surface area (Å²) in [6.07, 6.45) is -0.328. The summed E-state index contributed by atoms with van der Waals surface area (Å²) >= 11 is 3.43. The Hall–Kier alpha value is -3.29. The maximum Gasteiger partial charge on any atom is 1.00 e. The van der Waals surface area contributed by atoms with Gasteiger partial charge in [0.25, 0.3) is 17.0 Å². The first-order valence-electron chi connectivity index (χ1n) is 12.2. The van der Waals surface area contributed by atoms with Gasteiger partial charge in [0, 0.05) is 22.4 Å². The molecule has 0 radical (unpaired) electrons. The van der Waals surface area contributed by atoms with Crippen molar-refractivity contribution in [2.75, 3.05) is 17.2 Å². The fourth-order valence-electron chi connectivity index (χ4n) is 3.94. The molecule has 2 aromatic heterocycles. The molecule has 5 rings (SSSR count). The average Bonchev–Trinajstić information content (AvgIpc) is 3.60. The fraction of sp³-hybridized carbons (Fsp3) is 0.292. The summed E-state index contributed by atoms with van der Waals surface area (Å²) in [6, 6.07) is 2.99. The minimum atomic E-state index is -1.54. The number of carboxylic acids is 1. The van der Waals surface area contributed by atoms with Gasteiger partial charge in [0.15, 0.2) is 22.3 Å². The Balaban J connectivity index is 0.00000423. The van der Waals surface area contributed by atoms with Gasteiger partial charge >= 0.3 is 29.6 Å². The number of aromatic hydroxyl groups is 2. The normalized spacial score (nSPS) is 18.2. The van der Waals surface area contributed by atoms with E-state index in [1.807, 2.05) is 0 Å². The molecule has 4 heterocycles. The quantitative estimate of drug-likeness (QED) is 0.0443. The topological polar surface area (TPSA) is 229 Å². The van der Waals surface area contributed by atoms with Crippen LogP contribution in [0.3, 0.4) is 0 Å². The summed E-state index contributed by atoms with van der Waals surface area (Å²) in [6.45, 7) is 3.45. The number of phenolic OH excluding ortho intramolecular Hbond substituents is 2. The van der Waals surface area contributed by atoms with Gasteiger partial charge in [-0.05, 0) is 37.6 Å². The van der Waals surface area contributed by atoms with Gasteiger partial charge in [0.1, 0.15) is 23.2 Å². The van der Waals surface area contributed by atoms with Crippen LogP contribution in [0.5, 0.6) is 11.5 Å². The summed E-state index contributed by atoms with van der Waals surface area (Å²) < 4.78 is 5.58. The number of carbonyl (C=O) groups excluding carboxylic acids is 3. The van der Waals surface area contributed by atoms with Gasteiger partial charge in [-0.1, -0.05) is 16.9 Å². The number of nitrogens with zero attached hydrogens (tertiary/aromatic N) is 5. The number of aromatic nitrogens is 3. The monoisotopic (exact) mass is 655 g/mol. The number of thiazole rings is 1. The van der Waals surface area contributed by atoms with E-state index in [2.05, 4.69) is 25.7 Å². The van der Waals surface area contributed by atoms with E-state index in [4.69, 9.17) is 15.0 Å².